The molecule has 0 aliphatic heterocycles. The Labute approximate surface area is 202 Å². The maximum Gasteiger partial charge on any atom is 0.255 e. The summed E-state index contributed by atoms with van der Waals surface area (Å²) in [7, 11) is 4.77. The summed E-state index contributed by atoms with van der Waals surface area (Å²) in [6, 6.07) is 2.00. The number of primary amides is 1. The van der Waals surface area contributed by atoms with Crippen LogP contribution in [0.25, 0.3) is 5.76 Å². The number of phenolic OH excluding ortho intramolecular Hbond substituents is 1. The van der Waals surface area contributed by atoms with E-state index in [2.05, 4.69) is 4.99 Å². The highest BCUT2D eigenvalue weighted by Gasteiger charge is 2.64. The molecule has 35 heavy (non-hydrogen) atoms. The predicted molar refractivity (Wildman–Crippen MR) is 127 cm³/mol. The molecule has 4 rings (SSSR count). The van der Waals surface area contributed by atoms with Gasteiger partial charge >= 0.3 is 0 Å². The number of nitrogens with two attached hydrogens (primary N) is 1. The molecule has 1 aromatic carbocycles. The number of Topliss-reactive ketones (excluding diaryl/α,β-unsaturated/α-hetero) is 2. The highest BCUT2D eigenvalue weighted by molar-refractivity contribution is 6.24. The normalized spacial score (nSPS) is 28.7. The fraction of sp³-hybridized carbons (Fsp3) is 0.440. The standard InChI is InChI=1S/C25H29N3O7/c1-5-14(27-2)11-6-7-15(29)17-12(11)8-10-9-13-19(28(3)4)21(31)18(24(26)34)23(33)25(13,35)22(32)16(10)20(17)30/h6-7,10,13,19,29-30,33,35H,5,8-9H2,1-4H3,(H2,26,34)/t10?,13?,19?,25-/m0/s1. The molecule has 186 valence electrons. The smallest absolute Gasteiger partial charge is 0.255 e. The number of phenols is 1. The number of aromatic hydroxyl groups is 1. The minimum Gasteiger partial charge on any atom is -0.508 e. The summed E-state index contributed by atoms with van der Waals surface area (Å²) < 4.78 is 0. The third-order valence-electron chi connectivity index (χ3n) is 7.52. The van der Waals surface area contributed by atoms with Crippen LogP contribution in [0.1, 0.15) is 36.5 Å². The largest absolute Gasteiger partial charge is 0.508 e. The Morgan fingerprint density at radius 1 is 1.23 bits per heavy atom. The molecule has 0 spiro atoms. The van der Waals surface area contributed by atoms with Crippen LogP contribution in [0.4, 0.5) is 0 Å². The van der Waals surface area contributed by atoms with Gasteiger partial charge in [-0.25, -0.2) is 0 Å². The third kappa shape index (κ3) is 3.24. The van der Waals surface area contributed by atoms with Gasteiger partial charge in [-0.2, -0.15) is 0 Å². The molecule has 10 nitrogen and oxygen atoms in total. The fourth-order valence-corrected chi connectivity index (χ4v) is 5.98. The molecule has 4 atom stereocenters. The Balaban J connectivity index is 1.99. The highest BCUT2D eigenvalue weighted by Crippen LogP contribution is 2.53. The molecule has 3 unspecified atom stereocenters. The number of amides is 1. The number of nitrogens with zero attached hydrogens (tertiary/aromatic N) is 2. The lowest BCUT2D eigenvalue weighted by molar-refractivity contribution is -0.153. The van der Waals surface area contributed by atoms with Crippen LogP contribution in [0, 0.1) is 11.8 Å². The van der Waals surface area contributed by atoms with Crippen molar-refractivity contribution in [3.8, 4) is 5.75 Å². The van der Waals surface area contributed by atoms with Crippen LogP contribution in [0.2, 0.25) is 0 Å². The maximum absolute atomic E-state index is 13.8. The Hall–Kier alpha value is -3.50. The van der Waals surface area contributed by atoms with Crippen LogP contribution >= 0.6 is 0 Å². The van der Waals surface area contributed by atoms with Gasteiger partial charge in [-0.3, -0.25) is 24.3 Å². The van der Waals surface area contributed by atoms with Crippen molar-refractivity contribution >= 4 is 28.9 Å². The first-order chi connectivity index (χ1) is 16.4. The lowest BCUT2D eigenvalue weighted by atomic mass is 9.57. The van der Waals surface area contributed by atoms with Gasteiger partial charge in [0.15, 0.2) is 11.4 Å². The summed E-state index contributed by atoms with van der Waals surface area (Å²) in [5.41, 5.74) is 3.83. The zero-order valence-corrected chi connectivity index (χ0v) is 20.0. The second kappa shape index (κ2) is 8.31. The van der Waals surface area contributed by atoms with Crippen LogP contribution in [-0.4, -0.2) is 81.3 Å². The molecule has 0 radical (unpaired) electrons. The van der Waals surface area contributed by atoms with Crippen molar-refractivity contribution in [2.45, 2.75) is 37.8 Å². The van der Waals surface area contributed by atoms with E-state index in [1.54, 1.807) is 27.2 Å². The average Bonchev–Trinajstić information content (AvgIpc) is 2.78. The second-order valence-electron chi connectivity index (χ2n) is 9.47. The van der Waals surface area contributed by atoms with Crippen LogP contribution < -0.4 is 5.73 Å². The van der Waals surface area contributed by atoms with Gasteiger partial charge in [0.1, 0.15) is 22.8 Å². The fourth-order valence-electron chi connectivity index (χ4n) is 5.98. The molecule has 0 aromatic heterocycles. The van der Waals surface area contributed by atoms with Gasteiger partial charge in [-0.15, -0.1) is 0 Å². The molecule has 3 aliphatic carbocycles. The molecule has 0 bridgehead atoms. The van der Waals surface area contributed by atoms with E-state index in [4.69, 9.17) is 5.73 Å². The van der Waals surface area contributed by atoms with Gasteiger partial charge in [-0.05, 0) is 62.5 Å². The number of ketones is 2. The van der Waals surface area contributed by atoms with Gasteiger partial charge in [-0.1, -0.05) is 6.92 Å². The van der Waals surface area contributed by atoms with Crippen molar-refractivity contribution in [3.05, 3.63) is 45.7 Å². The van der Waals surface area contributed by atoms with Crippen LogP contribution in [0.3, 0.4) is 0 Å². The van der Waals surface area contributed by atoms with Crippen molar-refractivity contribution in [3.63, 3.8) is 0 Å². The Morgan fingerprint density at radius 2 is 1.89 bits per heavy atom. The number of benzene rings is 1. The number of aliphatic imine (C=N–C) groups is 1. The number of carbonyl (C=O) groups excluding carboxylic acids is 3. The SMILES string of the molecule is CCC(=NC)c1ccc(O)c2c1CC1CC3C(N(C)C)C(=O)C(C(N)=O)=C(O)[C@@]3(O)C(=O)C1=C2O. The molecule has 6 N–H and O–H groups in total. The van der Waals surface area contributed by atoms with E-state index in [1.807, 2.05) is 6.92 Å². The lowest BCUT2D eigenvalue weighted by Crippen LogP contribution is -2.65. The van der Waals surface area contributed by atoms with Crippen molar-refractivity contribution < 1.29 is 34.8 Å². The molecular formula is C25H29N3O7. The maximum atomic E-state index is 13.8. The summed E-state index contributed by atoms with van der Waals surface area (Å²) in [5.74, 6) is -6.64. The topological polar surface area (TPSA) is 174 Å². The average molecular weight is 484 g/mol. The summed E-state index contributed by atoms with van der Waals surface area (Å²) in [4.78, 5) is 44.7. The number of aliphatic hydroxyl groups excluding tert-OH is 2. The van der Waals surface area contributed by atoms with E-state index >= 15 is 0 Å². The number of rotatable bonds is 4. The number of likely N-dealkylation sites (N-methyl/N-ethyl adjacent to an activating group) is 1. The van der Waals surface area contributed by atoms with Gasteiger partial charge in [0, 0.05) is 24.3 Å². The van der Waals surface area contributed by atoms with Crippen molar-refractivity contribution in [2.75, 3.05) is 21.1 Å². The van der Waals surface area contributed by atoms with Crippen LogP contribution in [-0.2, 0) is 20.8 Å². The number of hydrogen-bond donors (Lipinski definition) is 5. The molecule has 3 aliphatic rings. The van der Waals surface area contributed by atoms with E-state index in [0.29, 0.717) is 12.0 Å². The lowest BCUT2D eigenvalue weighted by Gasteiger charge is -2.50. The molecular weight excluding hydrogens is 454 g/mol. The van der Waals surface area contributed by atoms with Crippen molar-refractivity contribution in [2.24, 2.45) is 22.6 Å². The first kappa shape index (κ1) is 24.6. The third-order valence-corrected chi connectivity index (χ3v) is 7.52. The number of fused-ring (bicyclic) bond motifs is 3. The predicted octanol–water partition coefficient (Wildman–Crippen LogP) is 0.793. The van der Waals surface area contributed by atoms with Crippen LogP contribution in [0.15, 0.2) is 34.0 Å². The number of hydrogen-bond acceptors (Lipinski definition) is 9. The van der Waals surface area contributed by atoms with E-state index < -0.39 is 58.0 Å². The first-order valence-electron chi connectivity index (χ1n) is 11.4. The monoisotopic (exact) mass is 483 g/mol. The summed E-state index contributed by atoms with van der Waals surface area (Å²) in [6.45, 7) is 1.93. The molecule has 10 heteroatoms. The zero-order chi connectivity index (χ0) is 26.0. The second-order valence-corrected chi connectivity index (χ2v) is 9.47. The Morgan fingerprint density at radius 3 is 2.43 bits per heavy atom. The van der Waals surface area contributed by atoms with Gasteiger partial charge in [0.05, 0.1) is 11.6 Å². The number of carbonyl (C=O) groups is 3. The molecule has 0 heterocycles. The molecule has 1 saturated carbocycles. The highest BCUT2D eigenvalue weighted by atomic mass is 16.3. The molecule has 0 saturated heterocycles. The quantitative estimate of drug-likeness (QED) is 0.309. The van der Waals surface area contributed by atoms with Crippen molar-refractivity contribution in [1.29, 1.82) is 0 Å². The van der Waals surface area contributed by atoms with Crippen molar-refractivity contribution in [1.82, 2.24) is 4.90 Å². The van der Waals surface area contributed by atoms with Gasteiger partial charge in [0.2, 0.25) is 5.78 Å². The summed E-state index contributed by atoms with van der Waals surface area (Å²) in [6.07, 6.45) is 0.881. The van der Waals surface area contributed by atoms with E-state index in [1.165, 1.54) is 11.0 Å². The van der Waals surface area contributed by atoms with E-state index in [0.717, 1.165) is 11.3 Å². The Kier molecular flexibility index (Phi) is 5.85. The first-order valence-corrected chi connectivity index (χ1v) is 11.4. The van der Waals surface area contributed by atoms with Gasteiger partial charge < -0.3 is 26.2 Å². The zero-order valence-electron chi connectivity index (χ0n) is 20.0. The van der Waals surface area contributed by atoms with E-state index in [-0.39, 0.29) is 29.7 Å². The minimum atomic E-state index is -2.64. The summed E-state index contributed by atoms with van der Waals surface area (Å²) >= 11 is 0. The Bertz CT molecular complexity index is 1260. The summed E-state index contributed by atoms with van der Waals surface area (Å²) in [5, 5.41) is 44.3. The van der Waals surface area contributed by atoms with Gasteiger partial charge in [0.25, 0.3) is 5.91 Å². The minimum absolute atomic E-state index is 0.0472. The van der Waals surface area contributed by atoms with E-state index in [9.17, 15) is 34.8 Å². The molecule has 1 aromatic rings. The molecule has 1 fully saturated rings. The molecule has 1 amide bonds. The number of aliphatic hydroxyl groups is 3. The van der Waals surface area contributed by atoms with Crippen LogP contribution in [0.5, 0.6) is 5.75 Å².